The maximum Gasteiger partial charge on any atom is 0.344 e. The first-order valence-electron chi connectivity index (χ1n) is 7.66. The first-order chi connectivity index (χ1) is 11.3. The Kier molecular flexibility index (Phi) is 5.39. The van der Waals surface area contributed by atoms with Crippen LogP contribution in [0.25, 0.3) is 0 Å². The van der Waals surface area contributed by atoms with E-state index in [2.05, 4.69) is 5.16 Å². The number of aromatic nitrogens is 1. The van der Waals surface area contributed by atoms with Crippen LogP contribution in [0.4, 0.5) is 0 Å². The van der Waals surface area contributed by atoms with E-state index in [1.54, 1.807) is 25.1 Å². The number of ketones is 1. The number of benzene rings is 1. The fraction of sp³-hybridized carbons (Fsp3) is 0.389. The van der Waals surface area contributed by atoms with Crippen LogP contribution < -0.4 is 4.74 Å². The van der Waals surface area contributed by atoms with Crippen LogP contribution >= 0.6 is 0 Å². The van der Waals surface area contributed by atoms with Crippen LogP contribution in [0.1, 0.15) is 64.4 Å². The van der Waals surface area contributed by atoms with Gasteiger partial charge in [-0.25, -0.2) is 4.79 Å². The lowest BCUT2D eigenvalue weighted by Gasteiger charge is -2.11. The van der Waals surface area contributed by atoms with Crippen molar-refractivity contribution >= 4 is 11.8 Å². The van der Waals surface area contributed by atoms with E-state index < -0.39 is 5.97 Å². The van der Waals surface area contributed by atoms with Gasteiger partial charge in [-0.3, -0.25) is 4.79 Å². The van der Waals surface area contributed by atoms with E-state index in [1.807, 2.05) is 13.8 Å². The fourth-order valence-corrected chi connectivity index (χ4v) is 2.36. The summed E-state index contributed by atoms with van der Waals surface area (Å²) in [5, 5.41) is 3.84. The van der Waals surface area contributed by atoms with Crippen molar-refractivity contribution in [1.29, 1.82) is 0 Å². The number of carbonyl (C=O) groups is 2. The van der Waals surface area contributed by atoms with Crippen LogP contribution in [-0.2, 0) is 11.3 Å². The van der Waals surface area contributed by atoms with Crippen LogP contribution in [0.2, 0.25) is 0 Å². The molecular formula is C18H21NO5. The molecule has 0 aliphatic heterocycles. The van der Waals surface area contributed by atoms with E-state index in [0.717, 1.165) is 0 Å². The third kappa shape index (κ3) is 3.64. The molecule has 6 heteroatoms. The summed E-state index contributed by atoms with van der Waals surface area (Å²) in [6.45, 7) is 6.99. The van der Waals surface area contributed by atoms with E-state index >= 15 is 0 Å². The highest BCUT2D eigenvalue weighted by Crippen LogP contribution is 2.25. The van der Waals surface area contributed by atoms with Crippen molar-refractivity contribution in [3.63, 3.8) is 0 Å². The number of ether oxygens (including phenoxy) is 2. The van der Waals surface area contributed by atoms with Crippen LogP contribution in [-0.4, -0.2) is 24.0 Å². The van der Waals surface area contributed by atoms with Crippen molar-refractivity contribution in [3.05, 3.63) is 46.3 Å². The van der Waals surface area contributed by atoms with Gasteiger partial charge < -0.3 is 14.0 Å². The zero-order valence-corrected chi connectivity index (χ0v) is 14.5. The van der Waals surface area contributed by atoms with E-state index in [0.29, 0.717) is 33.9 Å². The molecule has 0 spiro atoms. The molecule has 2 aromatic rings. The number of aryl methyl sites for hydroxylation is 1. The molecule has 1 aromatic carbocycles. The number of nitrogens with zero attached hydrogens (tertiary/aromatic N) is 1. The minimum absolute atomic E-state index is 0.00865. The van der Waals surface area contributed by atoms with Crippen LogP contribution in [0.15, 0.2) is 22.7 Å². The largest absolute Gasteiger partial charge is 0.496 e. The third-order valence-electron chi connectivity index (χ3n) is 3.66. The summed E-state index contributed by atoms with van der Waals surface area (Å²) in [7, 11) is 1.52. The Labute approximate surface area is 140 Å². The average molecular weight is 331 g/mol. The molecule has 0 aliphatic rings. The molecule has 1 heterocycles. The lowest BCUT2D eigenvalue weighted by atomic mass is 10.1. The number of carbonyl (C=O) groups excluding carboxylic acids is 2. The van der Waals surface area contributed by atoms with Crippen molar-refractivity contribution < 1.29 is 23.6 Å². The minimum atomic E-state index is -0.507. The molecule has 0 saturated heterocycles. The van der Waals surface area contributed by atoms with Crippen molar-refractivity contribution in [2.75, 3.05) is 7.11 Å². The Morgan fingerprint density at radius 2 is 2.00 bits per heavy atom. The SMILES string of the molecule is COc1ccc(C(C)=O)cc1COC(=O)c1c(C)noc1C(C)C. The maximum absolute atomic E-state index is 12.4. The maximum atomic E-state index is 12.4. The highest BCUT2D eigenvalue weighted by molar-refractivity contribution is 5.94. The van der Waals surface area contributed by atoms with Gasteiger partial charge in [-0.05, 0) is 32.0 Å². The summed E-state index contributed by atoms with van der Waals surface area (Å²) in [6, 6.07) is 5.02. The lowest BCUT2D eigenvalue weighted by molar-refractivity contribution is 0.0466. The molecule has 0 radical (unpaired) electrons. The molecule has 0 aliphatic carbocycles. The van der Waals surface area contributed by atoms with Gasteiger partial charge in [0.15, 0.2) is 11.5 Å². The van der Waals surface area contributed by atoms with E-state index in [4.69, 9.17) is 14.0 Å². The second-order valence-corrected chi connectivity index (χ2v) is 5.82. The molecule has 0 unspecified atom stereocenters. The standard InChI is InChI=1S/C18H21NO5/c1-10(2)17-16(11(3)19-24-17)18(21)23-9-14-8-13(12(4)20)6-7-15(14)22-5/h6-8,10H,9H2,1-5H3. The monoisotopic (exact) mass is 331 g/mol. The number of esters is 1. The molecular weight excluding hydrogens is 310 g/mol. The molecule has 0 fully saturated rings. The van der Waals surface area contributed by atoms with Gasteiger partial charge in [0.05, 0.1) is 12.8 Å². The van der Waals surface area contributed by atoms with Gasteiger partial charge in [-0.15, -0.1) is 0 Å². The van der Waals surface area contributed by atoms with Gasteiger partial charge in [0.1, 0.15) is 17.9 Å². The second-order valence-electron chi connectivity index (χ2n) is 5.82. The summed E-state index contributed by atoms with van der Waals surface area (Å²) >= 11 is 0. The van der Waals surface area contributed by atoms with Crippen molar-refractivity contribution in [2.45, 2.75) is 40.2 Å². The molecule has 0 amide bonds. The van der Waals surface area contributed by atoms with Gasteiger partial charge >= 0.3 is 5.97 Å². The van der Waals surface area contributed by atoms with E-state index in [9.17, 15) is 9.59 Å². The van der Waals surface area contributed by atoms with Crippen molar-refractivity contribution in [3.8, 4) is 5.75 Å². The number of hydrogen-bond donors (Lipinski definition) is 0. The van der Waals surface area contributed by atoms with Gasteiger partial charge in [0.25, 0.3) is 0 Å². The fourth-order valence-electron chi connectivity index (χ4n) is 2.36. The molecule has 1 aromatic heterocycles. The molecule has 0 atom stereocenters. The molecule has 0 bridgehead atoms. The van der Waals surface area contributed by atoms with Crippen LogP contribution in [0.5, 0.6) is 5.75 Å². The first kappa shape index (κ1) is 17.7. The summed E-state index contributed by atoms with van der Waals surface area (Å²) in [5.74, 6) is 0.500. The normalized spacial score (nSPS) is 10.8. The molecule has 0 N–H and O–H groups in total. The zero-order valence-electron chi connectivity index (χ0n) is 14.5. The van der Waals surface area contributed by atoms with E-state index in [-0.39, 0.29) is 18.3 Å². The van der Waals surface area contributed by atoms with E-state index in [1.165, 1.54) is 14.0 Å². The minimum Gasteiger partial charge on any atom is -0.496 e. The highest BCUT2D eigenvalue weighted by Gasteiger charge is 2.24. The Balaban J connectivity index is 2.22. The predicted octanol–water partition coefficient (Wildman–Crippen LogP) is 3.67. The number of hydrogen-bond acceptors (Lipinski definition) is 6. The average Bonchev–Trinajstić information content (AvgIpc) is 2.94. The lowest BCUT2D eigenvalue weighted by Crippen LogP contribution is -2.10. The smallest absolute Gasteiger partial charge is 0.344 e. The molecule has 6 nitrogen and oxygen atoms in total. The van der Waals surface area contributed by atoms with Crippen LogP contribution in [0, 0.1) is 6.92 Å². The first-order valence-corrected chi connectivity index (χ1v) is 7.66. The Bertz CT molecular complexity index is 761. The number of Topliss-reactive ketones (excluding diaryl/α,β-unsaturated/α-hetero) is 1. The second kappa shape index (κ2) is 7.29. The van der Waals surface area contributed by atoms with Gasteiger partial charge in [0, 0.05) is 17.0 Å². The summed E-state index contributed by atoms with van der Waals surface area (Å²) < 4.78 is 15.9. The topological polar surface area (TPSA) is 78.6 Å². The Hall–Kier alpha value is -2.63. The highest BCUT2D eigenvalue weighted by atomic mass is 16.5. The van der Waals surface area contributed by atoms with Gasteiger partial charge in [-0.1, -0.05) is 19.0 Å². The number of methoxy groups -OCH3 is 1. The Morgan fingerprint density at radius 1 is 1.29 bits per heavy atom. The van der Waals surface area contributed by atoms with Gasteiger partial charge in [0.2, 0.25) is 0 Å². The molecule has 128 valence electrons. The quantitative estimate of drug-likeness (QED) is 0.593. The molecule has 2 rings (SSSR count). The summed E-state index contributed by atoms with van der Waals surface area (Å²) in [6.07, 6.45) is 0. The molecule has 0 saturated carbocycles. The molecule has 24 heavy (non-hydrogen) atoms. The summed E-state index contributed by atoms with van der Waals surface area (Å²) in [5.41, 5.74) is 2.00. The van der Waals surface area contributed by atoms with Crippen molar-refractivity contribution in [1.82, 2.24) is 5.16 Å². The van der Waals surface area contributed by atoms with Crippen molar-refractivity contribution in [2.24, 2.45) is 0 Å². The third-order valence-corrected chi connectivity index (χ3v) is 3.66. The van der Waals surface area contributed by atoms with Gasteiger partial charge in [-0.2, -0.15) is 0 Å². The zero-order chi connectivity index (χ0) is 17.9. The predicted molar refractivity (Wildman–Crippen MR) is 87.4 cm³/mol. The number of rotatable bonds is 6. The Morgan fingerprint density at radius 3 is 2.58 bits per heavy atom. The summed E-state index contributed by atoms with van der Waals surface area (Å²) in [4.78, 5) is 23.9. The van der Waals surface area contributed by atoms with Crippen LogP contribution in [0.3, 0.4) is 0 Å².